The summed E-state index contributed by atoms with van der Waals surface area (Å²) >= 11 is 0. The topological polar surface area (TPSA) is 24.3 Å². The van der Waals surface area contributed by atoms with Crippen molar-refractivity contribution >= 4 is 73.4 Å². The number of hydrogen-bond acceptors (Lipinski definition) is 3. The van der Waals surface area contributed by atoms with Crippen molar-refractivity contribution in [2.24, 2.45) is 0 Å². The van der Waals surface area contributed by atoms with Crippen LogP contribution in [0.2, 0.25) is 0 Å². The van der Waals surface area contributed by atoms with Gasteiger partial charge in [-0.25, -0.2) is 4.98 Å². The second-order valence-corrected chi connectivity index (χ2v) is 19.6. The van der Waals surface area contributed by atoms with E-state index in [9.17, 15) is 0 Å². The molecular weight excluding hydrogens is 904 g/mol. The Bertz CT molecular complexity index is 2850. The number of rotatable bonds is 7. The molecule has 58 heavy (non-hydrogen) atoms. The zero-order valence-electron chi connectivity index (χ0n) is 32.7. The molecule has 10 rings (SSSR count). The van der Waals surface area contributed by atoms with E-state index in [4.69, 9.17) is 4.98 Å². The monoisotopic (exact) mass is 945 g/mol. The van der Waals surface area contributed by atoms with E-state index in [2.05, 4.69) is 229 Å². The molecule has 7 aromatic carbocycles. The molecule has 1 aliphatic heterocycles. The Kier molecular flexibility index (Phi) is 9.75. The molecule has 0 aliphatic carbocycles. The Morgan fingerprint density at radius 1 is 0.552 bits per heavy atom. The van der Waals surface area contributed by atoms with Crippen molar-refractivity contribution in [1.29, 1.82) is 0 Å². The number of anilines is 4. The maximum absolute atomic E-state index is 5.00. The molecule has 0 spiro atoms. The van der Waals surface area contributed by atoms with Gasteiger partial charge in [0.15, 0.2) is 0 Å². The number of pyridine rings is 1. The number of aromatic nitrogens is 2. The normalized spacial score (nSPS) is 12.8. The molecule has 0 N–H and O–H groups in total. The minimum absolute atomic E-state index is 0. The van der Waals surface area contributed by atoms with Crippen molar-refractivity contribution in [3.63, 3.8) is 0 Å². The fraction of sp³-hybridized carbons (Fsp3) is 0.0962. The Morgan fingerprint density at radius 2 is 1.16 bits per heavy atom. The van der Waals surface area contributed by atoms with Gasteiger partial charge in [-0.15, -0.1) is 11.5 Å². The first-order valence-electron chi connectivity index (χ1n) is 19.7. The van der Waals surface area contributed by atoms with Crippen LogP contribution in [0.25, 0.3) is 27.6 Å². The molecule has 1 aliphatic rings. The third kappa shape index (κ3) is 6.21. The molecule has 9 aromatic rings. The number of hydrogen-bond donors (Lipinski definition) is 0. The first kappa shape index (κ1) is 37.6. The molecule has 0 saturated carbocycles. The predicted octanol–water partition coefficient (Wildman–Crippen LogP) is 9.70. The van der Waals surface area contributed by atoms with Crippen molar-refractivity contribution < 1.29 is 21.1 Å². The summed E-state index contributed by atoms with van der Waals surface area (Å²) in [6, 6.07) is 74.2. The molecule has 3 heterocycles. The molecule has 0 bridgehead atoms. The van der Waals surface area contributed by atoms with Crippen LogP contribution >= 0.6 is 0 Å². The molecule has 0 amide bonds. The summed E-state index contributed by atoms with van der Waals surface area (Å²) in [6.45, 7) is 7.46. The molecule has 4 nitrogen and oxygen atoms in total. The van der Waals surface area contributed by atoms with Crippen LogP contribution in [0.1, 0.15) is 26.3 Å². The van der Waals surface area contributed by atoms with Gasteiger partial charge in [-0.1, -0.05) is 141 Å². The fourth-order valence-electron chi connectivity index (χ4n) is 8.75. The average molecular weight is 946 g/mol. The zero-order chi connectivity index (χ0) is 38.6. The van der Waals surface area contributed by atoms with Crippen LogP contribution in [0.4, 0.5) is 22.7 Å². The van der Waals surface area contributed by atoms with E-state index in [0.29, 0.717) is 6.67 Å². The summed E-state index contributed by atoms with van der Waals surface area (Å²) in [6.07, 6.45) is 1.95. The third-order valence-corrected chi connectivity index (χ3v) is 16.1. The van der Waals surface area contributed by atoms with Gasteiger partial charge >= 0.3 is 21.1 Å². The standard InChI is InChI=1S/C52H42N4Si.Pt/c1-52(2,3)38-32-33-53-51(34-38)56-47-27-14-13-26-45(47)46-31-30-44(36-50(46)56)57(41-21-9-5-10-22-41,42-23-11-6-12-24-42)43-25-17-20-40(35-43)55-37-54(39-18-7-4-8-19-39)48-28-15-16-29-49(48)55;/h4-34H,37H2,1-3H3;/q-2;+2. The summed E-state index contributed by atoms with van der Waals surface area (Å²) in [5.74, 6) is 0.901. The second-order valence-electron chi connectivity index (χ2n) is 15.9. The van der Waals surface area contributed by atoms with Gasteiger partial charge in [0.1, 0.15) is 13.9 Å². The van der Waals surface area contributed by atoms with Crippen LogP contribution in [0.3, 0.4) is 0 Å². The summed E-state index contributed by atoms with van der Waals surface area (Å²) in [5.41, 5.74) is 7.93. The Hall–Kier alpha value is -6.00. The minimum Gasteiger partial charge on any atom is -0.345 e. The van der Waals surface area contributed by atoms with Crippen molar-refractivity contribution in [3.8, 4) is 5.82 Å². The van der Waals surface area contributed by atoms with Crippen LogP contribution in [-0.4, -0.2) is 24.3 Å². The molecule has 0 radical (unpaired) electrons. The van der Waals surface area contributed by atoms with Gasteiger partial charge in [0.05, 0.1) is 18.0 Å². The first-order valence-corrected chi connectivity index (χ1v) is 21.7. The van der Waals surface area contributed by atoms with E-state index < -0.39 is 8.07 Å². The van der Waals surface area contributed by atoms with E-state index in [1.807, 2.05) is 6.20 Å². The number of nitrogens with zero attached hydrogens (tertiary/aromatic N) is 4. The van der Waals surface area contributed by atoms with Crippen molar-refractivity contribution in [3.05, 3.63) is 206 Å². The Morgan fingerprint density at radius 3 is 1.84 bits per heavy atom. The third-order valence-electron chi connectivity index (χ3n) is 11.5. The number of fused-ring (bicyclic) bond motifs is 4. The van der Waals surface area contributed by atoms with E-state index in [1.165, 1.54) is 48.8 Å². The van der Waals surface area contributed by atoms with Gasteiger partial charge in [0.25, 0.3) is 0 Å². The van der Waals surface area contributed by atoms with Gasteiger partial charge < -0.3 is 14.4 Å². The van der Waals surface area contributed by atoms with Crippen molar-refractivity contribution in [1.82, 2.24) is 9.55 Å². The van der Waals surface area contributed by atoms with Crippen LogP contribution in [0.15, 0.2) is 188 Å². The fourth-order valence-corrected chi connectivity index (χ4v) is 13.3. The largest absolute Gasteiger partial charge is 2.00 e. The minimum atomic E-state index is -3.07. The second kappa shape index (κ2) is 15.1. The molecular formula is C52H42N4PtSi. The summed E-state index contributed by atoms with van der Waals surface area (Å²) in [4.78, 5) is 9.79. The molecule has 284 valence electrons. The van der Waals surface area contributed by atoms with Crippen molar-refractivity contribution in [2.45, 2.75) is 26.2 Å². The number of benzene rings is 7. The van der Waals surface area contributed by atoms with E-state index in [0.717, 1.165) is 27.9 Å². The SMILES string of the molecule is CC(C)(C)c1ccnc(-n2c3[c-]c([Si](c4[c-]c(N5CN(c6ccccc6)c6ccccc65)ccc4)(c4ccccc4)c4ccccc4)ccc3c3ccccc32)c1.[Pt+2]. The summed E-state index contributed by atoms with van der Waals surface area (Å²) < 4.78 is 2.32. The van der Waals surface area contributed by atoms with Crippen LogP contribution in [-0.2, 0) is 26.5 Å². The first-order chi connectivity index (χ1) is 27.9. The van der Waals surface area contributed by atoms with E-state index in [1.54, 1.807) is 0 Å². The smallest absolute Gasteiger partial charge is 0.345 e. The summed E-state index contributed by atoms with van der Waals surface area (Å²) in [7, 11) is -3.07. The molecule has 6 heteroatoms. The van der Waals surface area contributed by atoms with Gasteiger partial charge in [-0.3, -0.25) is 0 Å². The molecule has 0 fully saturated rings. The average Bonchev–Trinajstić information content (AvgIpc) is 3.81. The number of para-hydroxylation sites is 4. The van der Waals surface area contributed by atoms with E-state index >= 15 is 0 Å². The maximum atomic E-state index is 5.00. The molecule has 0 unspecified atom stereocenters. The predicted molar refractivity (Wildman–Crippen MR) is 241 cm³/mol. The Balaban J connectivity index is 0.00000436. The van der Waals surface area contributed by atoms with E-state index in [-0.39, 0.29) is 26.5 Å². The summed E-state index contributed by atoms with van der Waals surface area (Å²) in [5, 5.41) is 7.26. The quantitative estimate of drug-likeness (QED) is 0.0905. The van der Waals surface area contributed by atoms with Crippen LogP contribution in [0, 0.1) is 12.1 Å². The van der Waals surface area contributed by atoms with Crippen molar-refractivity contribution in [2.75, 3.05) is 16.5 Å². The van der Waals surface area contributed by atoms with Crippen LogP contribution < -0.4 is 30.5 Å². The van der Waals surface area contributed by atoms with Gasteiger partial charge in [-0.2, -0.15) is 46.8 Å². The Labute approximate surface area is 356 Å². The van der Waals surface area contributed by atoms with Gasteiger partial charge in [0, 0.05) is 17.4 Å². The zero-order valence-corrected chi connectivity index (χ0v) is 36.0. The molecule has 0 atom stereocenters. The van der Waals surface area contributed by atoms with Gasteiger partial charge in [-0.05, 0) is 69.2 Å². The van der Waals surface area contributed by atoms with Gasteiger partial charge in [0.2, 0.25) is 0 Å². The van der Waals surface area contributed by atoms with Crippen LogP contribution in [0.5, 0.6) is 0 Å². The molecule has 0 saturated heterocycles. The molecule has 2 aromatic heterocycles. The maximum Gasteiger partial charge on any atom is 2.00 e.